The van der Waals surface area contributed by atoms with E-state index >= 15 is 0 Å². The van der Waals surface area contributed by atoms with Crippen molar-refractivity contribution in [1.29, 1.82) is 0 Å². The third-order valence-corrected chi connectivity index (χ3v) is 3.00. The van der Waals surface area contributed by atoms with Gasteiger partial charge in [-0.1, -0.05) is 30.4 Å². The van der Waals surface area contributed by atoms with Gasteiger partial charge in [0.15, 0.2) is 0 Å². The highest BCUT2D eigenvalue weighted by Gasteiger charge is 2.26. The summed E-state index contributed by atoms with van der Waals surface area (Å²) in [5, 5.41) is 0. The van der Waals surface area contributed by atoms with Gasteiger partial charge in [0.1, 0.15) is 0 Å². The van der Waals surface area contributed by atoms with Gasteiger partial charge in [-0.15, -0.1) is 0 Å². The minimum absolute atomic E-state index is 0.154. The Morgan fingerprint density at radius 2 is 2.12 bits per heavy atom. The molecule has 0 aliphatic carbocycles. The molecular weight excluding hydrogens is 198 g/mol. The van der Waals surface area contributed by atoms with E-state index in [0.717, 1.165) is 24.9 Å². The summed E-state index contributed by atoms with van der Waals surface area (Å²) in [7, 11) is 0. The van der Waals surface area contributed by atoms with Crippen LogP contribution < -0.4 is 0 Å². The molecule has 1 atom stereocenters. The molecule has 16 heavy (non-hydrogen) atoms. The average Bonchev–Trinajstić information content (AvgIpc) is 2.78. The Bertz CT molecular complexity index is 383. The zero-order valence-corrected chi connectivity index (χ0v) is 9.60. The van der Waals surface area contributed by atoms with Crippen LogP contribution in [0.25, 0.3) is 0 Å². The minimum Gasteiger partial charge on any atom is -0.332 e. The van der Waals surface area contributed by atoms with Crippen LogP contribution in [0.3, 0.4) is 0 Å². The highest BCUT2D eigenvalue weighted by Crippen LogP contribution is 2.20. The SMILES string of the molecule is CC=CC1CCCN1C(=O)c1ccccc1. The number of allylic oxidation sites excluding steroid dienone is 1. The van der Waals surface area contributed by atoms with Crippen molar-refractivity contribution in [1.82, 2.24) is 4.90 Å². The Morgan fingerprint density at radius 3 is 2.81 bits per heavy atom. The maximum Gasteiger partial charge on any atom is 0.254 e. The summed E-state index contributed by atoms with van der Waals surface area (Å²) >= 11 is 0. The maximum atomic E-state index is 12.2. The topological polar surface area (TPSA) is 20.3 Å². The second-order valence-electron chi connectivity index (χ2n) is 4.10. The second kappa shape index (κ2) is 4.97. The van der Waals surface area contributed by atoms with Gasteiger partial charge in [-0.3, -0.25) is 4.79 Å². The molecule has 1 amide bonds. The first kappa shape index (κ1) is 10.9. The predicted octanol–water partition coefficient (Wildman–Crippen LogP) is 2.87. The van der Waals surface area contributed by atoms with Gasteiger partial charge in [-0.2, -0.15) is 0 Å². The number of likely N-dealkylation sites (tertiary alicyclic amines) is 1. The zero-order valence-electron chi connectivity index (χ0n) is 9.60. The summed E-state index contributed by atoms with van der Waals surface area (Å²) < 4.78 is 0. The first-order valence-corrected chi connectivity index (χ1v) is 5.82. The molecule has 0 N–H and O–H groups in total. The molecule has 0 saturated carbocycles. The average molecular weight is 215 g/mol. The van der Waals surface area contributed by atoms with Crippen molar-refractivity contribution in [3.05, 3.63) is 48.0 Å². The molecule has 0 bridgehead atoms. The lowest BCUT2D eigenvalue weighted by Crippen LogP contribution is -2.34. The smallest absolute Gasteiger partial charge is 0.254 e. The van der Waals surface area contributed by atoms with Gasteiger partial charge in [0, 0.05) is 12.1 Å². The van der Waals surface area contributed by atoms with E-state index < -0.39 is 0 Å². The molecule has 84 valence electrons. The molecule has 1 fully saturated rings. The summed E-state index contributed by atoms with van der Waals surface area (Å²) in [5.41, 5.74) is 0.791. The van der Waals surface area contributed by atoms with Gasteiger partial charge in [0.25, 0.3) is 5.91 Å². The highest BCUT2D eigenvalue weighted by atomic mass is 16.2. The number of rotatable bonds is 2. The van der Waals surface area contributed by atoms with Gasteiger partial charge in [-0.05, 0) is 31.9 Å². The van der Waals surface area contributed by atoms with Crippen LogP contribution in [-0.2, 0) is 0 Å². The number of carbonyl (C=O) groups excluding carboxylic acids is 1. The first-order valence-electron chi connectivity index (χ1n) is 5.82. The highest BCUT2D eigenvalue weighted by molar-refractivity contribution is 5.94. The van der Waals surface area contributed by atoms with Gasteiger partial charge < -0.3 is 4.90 Å². The molecule has 1 saturated heterocycles. The lowest BCUT2D eigenvalue weighted by Gasteiger charge is -2.22. The van der Waals surface area contributed by atoms with Crippen LogP contribution >= 0.6 is 0 Å². The Kier molecular flexibility index (Phi) is 3.40. The second-order valence-corrected chi connectivity index (χ2v) is 4.10. The van der Waals surface area contributed by atoms with E-state index in [0.29, 0.717) is 0 Å². The minimum atomic E-state index is 0.154. The van der Waals surface area contributed by atoms with Gasteiger partial charge in [0.2, 0.25) is 0 Å². The lowest BCUT2D eigenvalue weighted by molar-refractivity contribution is 0.0761. The molecule has 2 heteroatoms. The fourth-order valence-corrected chi connectivity index (χ4v) is 2.21. The van der Waals surface area contributed by atoms with Crippen molar-refractivity contribution in [3.63, 3.8) is 0 Å². The molecule has 1 aliphatic rings. The maximum absolute atomic E-state index is 12.2. The van der Waals surface area contributed by atoms with E-state index in [9.17, 15) is 4.79 Å². The van der Waals surface area contributed by atoms with Crippen LogP contribution in [0, 0.1) is 0 Å². The van der Waals surface area contributed by atoms with E-state index in [1.54, 1.807) is 0 Å². The van der Waals surface area contributed by atoms with Crippen molar-refractivity contribution < 1.29 is 4.79 Å². The Labute approximate surface area is 96.6 Å². The number of amides is 1. The number of benzene rings is 1. The van der Waals surface area contributed by atoms with Gasteiger partial charge in [-0.25, -0.2) is 0 Å². The molecule has 1 aliphatic heterocycles. The molecular formula is C14H17NO. The lowest BCUT2D eigenvalue weighted by atomic mass is 10.1. The molecule has 0 aromatic heterocycles. The standard InChI is InChI=1S/C14H17NO/c1-2-7-13-10-6-11-15(13)14(16)12-8-4-3-5-9-12/h2-5,7-9,13H,6,10-11H2,1H3. The Balaban J connectivity index is 2.16. The summed E-state index contributed by atoms with van der Waals surface area (Å²) in [6.45, 7) is 2.88. The van der Waals surface area contributed by atoms with Crippen LogP contribution in [0.4, 0.5) is 0 Å². The Morgan fingerprint density at radius 1 is 1.38 bits per heavy atom. The quantitative estimate of drug-likeness (QED) is 0.695. The molecule has 2 nitrogen and oxygen atoms in total. The summed E-state index contributed by atoms with van der Waals surface area (Å²) in [4.78, 5) is 14.2. The van der Waals surface area contributed by atoms with Crippen molar-refractivity contribution in [3.8, 4) is 0 Å². The molecule has 0 spiro atoms. The number of nitrogens with zero attached hydrogens (tertiary/aromatic N) is 1. The van der Waals surface area contributed by atoms with Crippen LogP contribution in [0.1, 0.15) is 30.1 Å². The van der Waals surface area contributed by atoms with E-state index in [-0.39, 0.29) is 11.9 Å². The van der Waals surface area contributed by atoms with Crippen molar-refractivity contribution in [2.45, 2.75) is 25.8 Å². The number of hydrogen-bond acceptors (Lipinski definition) is 1. The third kappa shape index (κ3) is 2.16. The van der Waals surface area contributed by atoms with E-state index in [1.165, 1.54) is 0 Å². The van der Waals surface area contributed by atoms with Crippen molar-refractivity contribution in [2.75, 3.05) is 6.54 Å². The molecule has 2 rings (SSSR count). The van der Waals surface area contributed by atoms with E-state index in [2.05, 4.69) is 6.08 Å². The van der Waals surface area contributed by atoms with Gasteiger partial charge in [0.05, 0.1) is 6.04 Å². The van der Waals surface area contributed by atoms with Crippen LogP contribution in [0.2, 0.25) is 0 Å². The molecule has 1 aromatic rings. The molecule has 0 radical (unpaired) electrons. The van der Waals surface area contributed by atoms with E-state index in [4.69, 9.17) is 0 Å². The molecule has 1 unspecified atom stereocenters. The largest absolute Gasteiger partial charge is 0.332 e. The van der Waals surface area contributed by atoms with Crippen molar-refractivity contribution in [2.24, 2.45) is 0 Å². The first-order chi connectivity index (χ1) is 7.83. The predicted molar refractivity (Wildman–Crippen MR) is 65.3 cm³/mol. The molecule has 1 aromatic carbocycles. The zero-order chi connectivity index (χ0) is 11.4. The third-order valence-electron chi connectivity index (χ3n) is 3.00. The number of carbonyl (C=O) groups is 1. The van der Waals surface area contributed by atoms with Gasteiger partial charge >= 0.3 is 0 Å². The van der Waals surface area contributed by atoms with Crippen LogP contribution in [0.15, 0.2) is 42.5 Å². The van der Waals surface area contributed by atoms with Crippen LogP contribution in [0.5, 0.6) is 0 Å². The summed E-state index contributed by atoms with van der Waals surface area (Å²) in [5.74, 6) is 0.154. The fourth-order valence-electron chi connectivity index (χ4n) is 2.21. The number of hydrogen-bond donors (Lipinski definition) is 0. The summed E-state index contributed by atoms with van der Waals surface area (Å²) in [6, 6.07) is 9.81. The van der Waals surface area contributed by atoms with Crippen LogP contribution in [-0.4, -0.2) is 23.4 Å². The Hall–Kier alpha value is -1.57. The van der Waals surface area contributed by atoms with Crippen molar-refractivity contribution >= 4 is 5.91 Å². The monoisotopic (exact) mass is 215 g/mol. The van der Waals surface area contributed by atoms with E-state index in [1.807, 2.05) is 48.2 Å². The normalized spacial score (nSPS) is 20.6. The summed E-state index contributed by atoms with van der Waals surface area (Å²) in [6.07, 6.45) is 6.34. The molecule has 1 heterocycles. The fraction of sp³-hybridized carbons (Fsp3) is 0.357.